The quantitative estimate of drug-likeness (QED) is 0.223. The molecular formula is C28H37ClN2O4S. The molecule has 0 saturated carbocycles. The summed E-state index contributed by atoms with van der Waals surface area (Å²) in [6.07, 6.45) is 2.05. The van der Waals surface area contributed by atoms with Gasteiger partial charge in [-0.3, -0.25) is 9.52 Å². The van der Waals surface area contributed by atoms with Crippen molar-refractivity contribution in [2.75, 3.05) is 7.11 Å². The van der Waals surface area contributed by atoms with Crippen molar-refractivity contribution < 1.29 is 19.3 Å². The molecule has 8 heteroatoms. The summed E-state index contributed by atoms with van der Waals surface area (Å²) in [5.74, 6) is 0.515. The van der Waals surface area contributed by atoms with Crippen LogP contribution in [0.3, 0.4) is 0 Å². The van der Waals surface area contributed by atoms with E-state index in [1.165, 1.54) is 0 Å². The molecule has 196 valence electrons. The summed E-state index contributed by atoms with van der Waals surface area (Å²) in [5.41, 5.74) is 3.00. The molecule has 3 aromatic carbocycles. The van der Waals surface area contributed by atoms with Crippen molar-refractivity contribution in [2.45, 2.75) is 56.3 Å². The summed E-state index contributed by atoms with van der Waals surface area (Å²) in [7, 11) is -1.25. The first-order valence-electron chi connectivity index (χ1n) is 12.0. The van der Waals surface area contributed by atoms with Crippen LogP contribution in [0, 0.1) is 0 Å². The van der Waals surface area contributed by atoms with Gasteiger partial charge in [0, 0.05) is 23.3 Å². The lowest BCUT2D eigenvalue weighted by Crippen LogP contribution is -2.43. The van der Waals surface area contributed by atoms with Gasteiger partial charge < -0.3 is 14.5 Å². The van der Waals surface area contributed by atoms with E-state index in [2.05, 4.69) is 16.9 Å². The standard InChI is InChI=1S/C28H36N2O4S.ClH/c1-4-13-27(31)29-35(33,24-17-10-7-11-18-24)28(5-2)30(32)21-23-16-12-19-26(34-3)25(23)20-22-14-8-6-9-15-22;/h6-12,14-19,28,32-33H,4-5,13,20-21H2,1-3H3,(H,29,31);1H. The smallest absolute Gasteiger partial charge is 0.230 e. The summed E-state index contributed by atoms with van der Waals surface area (Å²) in [6, 6.07) is 25.0. The molecule has 0 spiro atoms. The van der Waals surface area contributed by atoms with Crippen molar-refractivity contribution in [2.24, 2.45) is 0 Å². The van der Waals surface area contributed by atoms with E-state index in [4.69, 9.17) is 4.74 Å². The summed E-state index contributed by atoms with van der Waals surface area (Å²) in [4.78, 5) is 13.2. The Labute approximate surface area is 222 Å². The monoisotopic (exact) mass is 532 g/mol. The highest BCUT2D eigenvalue weighted by Crippen LogP contribution is 2.54. The van der Waals surface area contributed by atoms with Gasteiger partial charge in [-0.05, 0) is 52.7 Å². The fourth-order valence-electron chi connectivity index (χ4n) is 4.22. The zero-order valence-electron chi connectivity index (χ0n) is 21.1. The number of hydroxylamine groups is 2. The lowest BCUT2D eigenvalue weighted by Gasteiger charge is -2.44. The minimum atomic E-state index is -2.89. The van der Waals surface area contributed by atoms with Crippen LogP contribution in [0.2, 0.25) is 0 Å². The van der Waals surface area contributed by atoms with Crippen LogP contribution in [0.5, 0.6) is 5.75 Å². The van der Waals surface area contributed by atoms with Gasteiger partial charge in [0.1, 0.15) is 11.1 Å². The summed E-state index contributed by atoms with van der Waals surface area (Å²) >= 11 is 0. The van der Waals surface area contributed by atoms with Crippen LogP contribution >= 0.6 is 22.9 Å². The molecule has 0 aliphatic carbocycles. The number of carbonyl (C=O) groups is 1. The molecule has 36 heavy (non-hydrogen) atoms. The van der Waals surface area contributed by atoms with Gasteiger partial charge in [-0.15, -0.1) is 12.4 Å². The largest absolute Gasteiger partial charge is 0.496 e. The van der Waals surface area contributed by atoms with Gasteiger partial charge in [-0.1, -0.05) is 74.5 Å². The van der Waals surface area contributed by atoms with E-state index in [-0.39, 0.29) is 24.9 Å². The molecule has 0 aromatic heterocycles. The number of methoxy groups -OCH3 is 1. The molecule has 2 unspecified atom stereocenters. The topological polar surface area (TPSA) is 82.0 Å². The Bertz CT molecular complexity index is 1090. The highest BCUT2D eigenvalue weighted by atomic mass is 35.5. The average Bonchev–Trinajstić information content (AvgIpc) is 2.86. The molecule has 3 N–H and O–H groups in total. The highest BCUT2D eigenvalue weighted by molar-refractivity contribution is 8.28. The molecule has 0 aliphatic heterocycles. The third-order valence-electron chi connectivity index (χ3n) is 5.93. The van der Waals surface area contributed by atoms with E-state index >= 15 is 0 Å². The van der Waals surface area contributed by atoms with Crippen molar-refractivity contribution in [3.8, 4) is 5.75 Å². The van der Waals surface area contributed by atoms with Crippen molar-refractivity contribution in [3.63, 3.8) is 0 Å². The van der Waals surface area contributed by atoms with E-state index in [0.29, 0.717) is 30.6 Å². The minimum Gasteiger partial charge on any atom is -0.496 e. The molecule has 2 atom stereocenters. The van der Waals surface area contributed by atoms with Gasteiger partial charge in [0.2, 0.25) is 5.91 Å². The maximum atomic E-state index is 12.6. The number of nitrogens with zero attached hydrogens (tertiary/aromatic N) is 1. The minimum absolute atomic E-state index is 0. The molecule has 0 aliphatic rings. The van der Waals surface area contributed by atoms with Crippen molar-refractivity contribution >= 4 is 28.8 Å². The number of hydrogen-bond acceptors (Lipinski definition) is 5. The lowest BCUT2D eigenvalue weighted by molar-refractivity contribution is -0.120. The fraction of sp³-hybridized carbons (Fsp3) is 0.321. The number of rotatable bonds is 12. The summed E-state index contributed by atoms with van der Waals surface area (Å²) < 4.78 is 20.4. The number of halogens is 1. The molecule has 0 heterocycles. The Morgan fingerprint density at radius 2 is 1.64 bits per heavy atom. The second-order valence-corrected chi connectivity index (χ2v) is 10.9. The van der Waals surface area contributed by atoms with Crippen LogP contribution in [-0.2, 0) is 17.8 Å². The van der Waals surface area contributed by atoms with Gasteiger partial charge >= 0.3 is 0 Å². The Morgan fingerprint density at radius 1 is 1.00 bits per heavy atom. The molecular weight excluding hydrogens is 496 g/mol. The lowest BCUT2D eigenvalue weighted by atomic mass is 9.98. The first-order valence-corrected chi connectivity index (χ1v) is 13.6. The number of hydrogen-bond donors (Lipinski definition) is 3. The SMILES string of the molecule is CCCC(=O)NS(O)(c1ccccc1)C(CC)N(O)Cc1cccc(OC)c1Cc1ccccc1.Cl. The Kier molecular flexibility index (Phi) is 11.8. The fourth-order valence-corrected chi connectivity index (χ4v) is 6.72. The summed E-state index contributed by atoms with van der Waals surface area (Å²) in [6.45, 7) is 3.99. The zero-order valence-corrected chi connectivity index (χ0v) is 22.7. The van der Waals surface area contributed by atoms with Gasteiger partial charge in [-0.25, -0.2) is 0 Å². The third-order valence-corrected chi connectivity index (χ3v) is 8.82. The van der Waals surface area contributed by atoms with Crippen LogP contribution in [0.4, 0.5) is 0 Å². The Morgan fingerprint density at radius 3 is 2.22 bits per heavy atom. The van der Waals surface area contributed by atoms with Crippen molar-refractivity contribution in [1.82, 2.24) is 9.79 Å². The van der Waals surface area contributed by atoms with Crippen LogP contribution in [-0.4, -0.2) is 33.2 Å². The zero-order chi connectivity index (χ0) is 25.3. The number of ether oxygens (including phenoxy) is 1. The van der Waals surface area contributed by atoms with Crippen LogP contribution in [0.15, 0.2) is 83.8 Å². The van der Waals surface area contributed by atoms with Crippen LogP contribution in [0.1, 0.15) is 49.8 Å². The molecule has 0 radical (unpaired) electrons. The first kappa shape index (κ1) is 29.7. The predicted molar refractivity (Wildman–Crippen MR) is 149 cm³/mol. The van der Waals surface area contributed by atoms with E-state index in [1.54, 1.807) is 19.2 Å². The molecule has 3 rings (SSSR count). The van der Waals surface area contributed by atoms with Gasteiger partial charge in [0.25, 0.3) is 0 Å². The molecule has 3 aromatic rings. The maximum Gasteiger partial charge on any atom is 0.230 e. The van der Waals surface area contributed by atoms with Gasteiger partial charge in [0.05, 0.1) is 13.7 Å². The normalized spacial score (nSPS) is 14.3. The maximum absolute atomic E-state index is 12.6. The number of carbonyl (C=O) groups excluding carboxylic acids is 1. The molecule has 1 amide bonds. The van der Waals surface area contributed by atoms with Gasteiger partial charge in [0.15, 0.2) is 0 Å². The highest BCUT2D eigenvalue weighted by Gasteiger charge is 2.38. The Balaban J connectivity index is 0.00000456. The van der Waals surface area contributed by atoms with Gasteiger partial charge in [-0.2, -0.15) is 5.06 Å². The van der Waals surface area contributed by atoms with Crippen LogP contribution in [0.25, 0.3) is 0 Å². The van der Waals surface area contributed by atoms with E-state index < -0.39 is 15.9 Å². The molecule has 0 fully saturated rings. The average molecular weight is 533 g/mol. The van der Waals surface area contributed by atoms with Crippen molar-refractivity contribution in [3.05, 3.63) is 95.6 Å². The second-order valence-electron chi connectivity index (χ2n) is 8.43. The summed E-state index contributed by atoms with van der Waals surface area (Å²) in [5, 5.41) is 11.8. The van der Waals surface area contributed by atoms with Crippen LogP contribution < -0.4 is 9.46 Å². The molecule has 6 nitrogen and oxygen atoms in total. The Hall–Kier alpha value is -2.55. The number of benzene rings is 3. The predicted octanol–water partition coefficient (Wildman–Crippen LogP) is 6.80. The number of amides is 1. The van der Waals surface area contributed by atoms with E-state index in [9.17, 15) is 14.6 Å². The van der Waals surface area contributed by atoms with Crippen molar-refractivity contribution in [1.29, 1.82) is 0 Å². The number of nitrogens with one attached hydrogen (secondary N) is 1. The first-order chi connectivity index (χ1) is 16.9. The molecule has 0 saturated heterocycles. The van der Waals surface area contributed by atoms with E-state index in [1.807, 2.05) is 68.4 Å². The second kappa shape index (κ2) is 14.3. The third kappa shape index (κ3) is 7.24. The molecule has 0 bridgehead atoms. The van der Waals surface area contributed by atoms with E-state index in [0.717, 1.165) is 27.5 Å².